The largest absolute Gasteiger partial charge is 0.477 e. The molecule has 1 aromatic carbocycles. The summed E-state index contributed by atoms with van der Waals surface area (Å²) in [5, 5.41) is 15.9. The Kier molecular flexibility index (Phi) is 11.3. The average molecular weight is 673 g/mol. The zero-order valence-electron chi connectivity index (χ0n) is 28.3. The molecule has 2 saturated carbocycles. The van der Waals surface area contributed by atoms with Crippen LogP contribution < -0.4 is 10.6 Å². The van der Waals surface area contributed by atoms with Gasteiger partial charge in [0, 0.05) is 29.1 Å². The predicted octanol–water partition coefficient (Wildman–Crippen LogP) is 6.71. The van der Waals surface area contributed by atoms with E-state index in [4.69, 9.17) is 4.74 Å². The van der Waals surface area contributed by atoms with E-state index in [9.17, 15) is 33.1 Å². The van der Waals surface area contributed by atoms with E-state index >= 15 is 0 Å². The molecular weight excluding hydrogens is 622 g/mol. The maximum absolute atomic E-state index is 14.1. The highest BCUT2D eigenvalue weighted by atomic mass is 19.1. The number of nitrogens with one attached hydrogen (secondary N) is 2. The van der Waals surface area contributed by atoms with Gasteiger partial charge in [-0.3, -0.25) is 9.59 Å². The molecule has 3 atom stereocenters. The van der Waals surface area contributed by atoms with Gasteiger partial charge in [0.15, 0.2) is 0 Å². The zero-order chi connectivity index (χ0) is 34.6. The van der Waals surface area contributed by atoms with Crippen LogP contribution in [0, 0.1) is 23.7 Å². The number of likely N-dealkylation sites (tertiary alicyclic amines) is 1. The van der Waals surface area contributed by atoms with E-state index in [0.717, 1.165) is 32.1 Å². The van der Waals surface area contributed by atoms with Gasteiger partial charge in [-0.1, -0.05) is 32.1 Å². The van der Waals surface area contributed by atoms with Crippen LogP contribution in [-0.2, 0) is 20.9 Å². The number of alkyl carbamates (subject to hydrolysis) is 1. The van der Waals surface area contributed by atoms with E-state index in [0.29, 0.717) is 54.7 Å². The third-order valence-electron chi connectivity index (χ3n) is 10.5. The monoisotopic (exact) mass is 672 g/mol. The first-order valence-electron chi connectivity index (χ1n) is 17.5. The number of aryl methyl sites for hydroxylation is 1. The second-order valence-corrected chi connectivity index (χ2v) is 14.8. The molecule has 1 aliphatic heterocycles. The molecule has 1 saturated heterocycles. The van der Waals surface area contributed by atoms with Crippen LogP contribution in [0.2, 0.25) is 0 Å². The van der Waals surface area contributed by atoms with Crippen molar-refractivity contribution in [1.82, 2.24) is 14.8 Å². The van der Waals surface area contributed by atoms with E-state index in [2.05, 4.69) is 10.6 Å². The number of carbonyl (C=O) groups is 4. The minimum atomic E-state index is -1.16. The molecule has 12 heteroatoms. The fourth-order valence-electron chi connectivity index (χ4n) is 8.27. The summed E-state index contributed by atoms with van der Waals surface area (Å²) in [6, 6.07) is 5.22. The molecule has 0 spiro atoms. The zero-order valence-corrected chi connectivity index (χ0v) is 28.3. The molecule has 3 aliphatic rings. The fourth-order valence-corrected chi connectivity index (χ4v) is 8.27. The number of hydrogen-bond donors (Lipinski definition) is 3. The molecule has 0 unspecified atom stereocenters. The second-order valence-electron chi connectivity index (χ2n) is 14.8. The Morgan fingerprint density at radius 3 is 2.31 bits per heavy atom. The Balaban J connectivity index is 1.30. The van der Waals surface area contributed by atoms with E-state index in [1.807, 2.05) is 0 Å². The van der Waals surface area contributed by atoms with Gasteiger partial charge in [-0.25, -0.2) is 18.4 Å². The Bertz CT molecular complexity index is 1470. The number of benzene rings is 1. The molecule has 1 aromatic heterocycles. The molecule has 2 aliphatic carbocycles. The second kappa shape index (κ2) is 15.2. The van der Waals surface area contributed by atoms with Gasteiger partial charge in [0.2, 0.25) is 11.8 Å². The number of halogens is 2. The summed E-state index contributed by atoms with van der Waals surface area (Å²) >= 11 is 0. The number of fused-ring (bicyclic) bond motifs is 1. The summed E-state index contributed by atoms with van der Waals surface area (Å²) in [7, 11) is 0. The summed E-state index contributed by atoms with van der Waals surface area (Å²) in [5.41, 5.74) is 0.331. The van der Waals surface area contributed by atoms with Crippen LogP contribution in [0.25, 0.3) is 10.9 Å². The molecule has 3 amide bonds. The minimum Gasteiger partial charge on any atom is -0.477 e. The van der Waals surface area contributed by atoms with E-state index in [1.54, 1.807) is 43.9 Å². The van der Waals surface area contributed by atoms with Gasteiger partial charge in [0.1, 0.15) is 30.7 Å². The SMILES string of the molecule is CC(C)(C)OC(=O)N[C@H](CF)[C@H]1CC[C@H](C(=O)N2CC[C@@H](C3CCCCC3)[C@H]2C(=O)Nc2ccc3c(c2)cc(C(=O)O)n3CCF)CC1. The topological polar surface area (TPSA) is 130 Å². The van der Waals surface area contributed by atoms with Crippen molar-refractivity contribution in [1.29, 1.82) is 0 Å². The van der Waals surface area contributed by atoms with Crippen LogP contribution in [0.4, 0.5) is 19.3 Å². The number of alkyl halides is 2. The number of carboxylic acids is 1. The van der Waals surface area contributed by atoms with E-state index in [-0.39, 0.29) is 41.8 Å². The Morgan fingerprint density at radius 1 is 0.979 bits per heavy atom. The van der Waals surface area contributed by atoms with Crippen molar-refractivity contribution < 1.29 is 37.8 Å². The van der Waals surface area contributed by atoms with Crippen molar-refractivity contribution in [2.75, 3.05) is 25.2 Å². The molecule has 48 heavy (non-hydrogen) atoms. The molecule has 0 bridgehead atoms. The number of rotatable bonds is 10. The Labute approximate surface area is 280 Å². The molecule has 264 valence electrons. The lowest BCUT2D eigenvalue weighted by atomic mass is 9.76. The lowest BCUT2D eigenvalue weighted by Crippen LogP contribution is -2.50. The fraction of sp³-hybridized carbons (Fsp3) is 0.667. The van der Waals surface area contributed by atoms with Gasteiger partial charge >= 0.3 is 12.1 Å². The first-order valence-corrected chi connectivity index (χ1v) is 17.5. The number of carboxylic acid groups (broad SMARTS) is 1. The molecule has 0 radical (unpaired) electrons. The van der Waals surface area contributed by atoms with Gasteiger partial charge in [-0.15, -0.1) is 0 Å². The lowest BCUT2D eigenvalue weighted by molar-refractivity contribution is -0.142. The number of amides is 3. The van der Waals surface area contributed by atoms with Crippen molar-refractivity contribution in [3.8, 4) is 0 Å². The van der Waals surface area contributed by atoms with Gasteiger partial charge in [-0.05, 0) is 94.9 Å². The molecule has 2 heterocycles. The highest BCUT2D eigenvalue weighted by Crippen LogP contribution is 2.41. The van der Waals surface area contributed by atoms with Crippen molar-refractivity contribution in [3.05, 3.63) is 30.0 Å². The normalized spacial score (nSPS) is 24.3. The third-order valence-corrected chi connectivity index (χ3v) is 10.5. The van der Waals surface area contributed by atoms with E-state index < -0.39 is 43.1 Å². The van der Waals surface area contributed by atoms with Crippen molar-refractivity contribution >= 4 is 40.5 Å². The number of aromatic nitrogens is 1. The summed E-state index contributed by atoms with van der Waals surface area (Å²) in [4.78, 5) is 54.1. The molecule has 5 rings (SSSR count). The number of anilines is 1. The Morgan fingerprint density at radius 2 is 1.69 bits per heavy atom. The number of nitrogens with zero attached hydrogens (tertiary/aromatic N) is 2. The van der Waals surface area contributed by atoms with Gasteiger partial charge < -0.3 is 29.9 Å². The molecule has 3 fully saturated rings. The molecule has 10 nitrogen and oxygen atoms in total. The number of aromatic carboxylic acids is 1. The van der Waals surface area contributed by atoms with Gasteiger partial charge in [0.25, 0.3) is 0 Å². The van der Waals surface area contributed by atoms with Crippen LogP contribution in [0.3, 0.4) is 0 Å². The van der Waals surface area contributed by atoms with Gasteiger partial charge in [0.05, 0.1) is 12.6 Å². The maximum Gasteiger partial charge on any atom is 0.407 e. The number of ether oxygens (including phenoxy) is 1. The highest BCUT2D eigenvalue weighted by Gasteiger charge is 2.47. The first kappa shape index (κ1) is 35.6. The van der Waals surface area contributed by atoms with Crippen molar-refractivity contribution in [3.63, 3.8) is 0 Å². The van der Waals surface area contributed by atoms with Crippen LogP contribution >= 0.6 is 0 Å². The van der Waals surface area contributed by atoms with Crippen LogP contribution in [0.1, 0.15) is 95.5 Å². The summed E-state index contributed by atoms with van der Waals surface area (Å²) < 4.78 is 34.0. The van der Waals surface area contributed by atoms with Crippen LogP contribution in [0.5, 0.6) is 0 Å². The highest BCUT2D eigenvalue weighted by molar-refractivity contribution is 6.01. The molecule has 2 aromatic rings. The van der Waals surface area contributed by atoms with Crippen molar-refractivity contribution in [2.45, 2.75) is 109 Å². The molecule has 3 N–H and O–H groups in total. The maximum atomic E-state index is 14.1. The van der Waals surface area contributed by atoms with Gasteiger partial charge in [-0.2, -0.15) is 0 Å². The Hall–Kier alpha value is -3.70. The van der Waals surface area contributed by atoms with E-state index in [1.165, 1.54) is 17.1 Å². The average Bonchev–Trinajstić information content (AvgIpc) is 3.65. The van der Waals surface area contributed by atoms with Crippen LogP contribution in [0.15, 0.2) is 24.3 Å². The summed E-state index contributed by atoms with van der Waals surface area (Å²) in [6.07, 6.45) is 7.82. The quantitative estimate of drug-likeness (QED) is 0.257. The predicted molar refractivity (Wildman–Crippen MR) is 178 cm³/mol. The standard InChI is InChI=1S/C36H50F2N4O6/c1-36(2,3)48-35(47)40-28(21-38)23-9-11-24(12-10-23)33(44)42-17-15-27(22-7-5-4-6-8-22)31(42)32(43)39-26-13-14-29-25(19-26)20-30(34(45)46)41(29)18-16-37/h13-14,19-20,22-24,27-28,31H,4-12,15-18,21H2,1-3H3,(H,39,43)(H,40,47)(H,45,46)/t23-,24-,27-,28+,31-/m0/s1. The first-order chi connectivity index (χ1) is 22.9. The van der Waals surface area contributed by atoms with Crippen LogP contribution in [-0.4, -0.2) is 76.0 Å². The lowest BCUT2D eigenvalue weighted by Gasteiger charge is -2.37. The van der Waals surface area contributed by atoms with Crippen molar-refractivity contribution in [2.24, 2.45) is 23.7 Å². The summed E-state index contributed by atoms with van der Waals surface area (Å²) in [6.45, 7) is 4.24. The summed E-state index contributed by atoms with van der Waals surface area (Å²) in [5.74, 6) is -1.48. The third kappa shape index (κ3) is 8.11. The number of hydrogen-bond acceptors (Lipinski definition) is 5. The smallest absolute Gasteiger partial charge is 0.407 e. The number of carbonyl (C=O) groups excluding carboxylic acids is 3. The molecular formula is C36H50F2N4O6. The minimum absolute atomic E-state index is 0.0239.